The van der Waals surface area contributed by atoms with Gasteiger partial charge >= 0.3 is 6.09 Å². The number of aromatic nitrogens is 4. The van der Waals surface area contributed by atoms with Crippen LogP contribution in [0.3, 0.4) is 0 Å². The molecule has 3 aromatic heterocycles. The van der Waals surface area contributed by atoms with Crippen LogP contribution in [0.25, 0.3) is 22.0 Å². The maximum atomic E-state index is 12.6. The molecule has 0 atom stereocenters. The molecule has 0 unspecified atom stereocenters. The molecular weight excluding hydrogens is 372 g/mol. The van der Waals surface area contributed by atoms with Gasteiger partial charge < -0.3 is 15.8 Å². The Morgan fingerprint density at radius 3 is 2.55 bits per heavy atom. The average molecular weight is 394 g/mol. The van der Waals surface area contributed by atoms with Crippen molar-refractivity contribution in [3.8, 4) is 11.3 Å². The number of anilines is 1. The largest absolute Gasteiger partial charge is 0.446 e. The van der Waals surface area contributed by atoms with E-state index in [4.69, 9.17) is 10.5 Å². The van der Waals surface area contributed by atoms with Crippen LogP contribution < -0.4 is 11.1 Å². The minimum atomic E-state index is -0.765. The number of hydrogen-bond donors (Lipinski definition) is 2. The molecule has 1 aliphatic carbocycles. The number of carbonyl (C=O) groups excluding carboxylic acids is 2. The first-order valence-corrected chi connectivity index (χ1v) is 9.50. The molecule has 0 saturated heterocycles. The fraction of sp³-hybridized carbons (Fsp3) is 0.350. The summed E-state index contributed by atoms with van der Waals surface area (Å²) in [6, 6.07) is 3.80. The summed E-state index contributed by atoms with van der Waals surface area (Å²) in [4.78, 5) is 32.3. The molecule has 0 aromatic carbocycles. The van der Waals surface area contributed by atoms with E-state index in [-0.39, 0.29) is 17.9 Å². The predicted molar refractivity (Wildman–Crippen MR) is 107 cm³/mol. The molecule has 3 heterocycles. The number of carbonyl (C=O) groups is 2. The number of fused-ring (bicyclic) bond motifs is 1. The van der Waals surface area contributed by atoms with Crippen molar-refractivity contribution in [2.45, 2.75) is 31.8 Å². The molecule has 3 aromatic rings. The van der Waals surface area contributed by atoms with Gasteiger partial charge in [0.1, 0.15) is 11.9 Å². The lowest BCUT2D eigenvalue weighted by Gasteiger charge is -2.26. The number of hydrogen-bond acceptors (Lipinski definition) is 6. The summed E-state index contributed by atoms with van der Waals surface area (Å²) in [6.45, 7) is 0. The Balaban J connectivity index is 1.45. The Bertz CT molecular complexity index is 1060. The maximum Gasteiger partial charge on any atom is 0.404 e. The van der Waals surface area contributed by atoms with E-state index in [1.165, 1.54) is 0 Å². The first-order valence-electron chi connectivity index (χ1n) is 9.50. The van der Waals surface area contributed by atoms with Crippen molar-refractivity contribution in [2.24, 2.45) is 18.7 Å². The van der Waals surface area contributed by atoms with Crippen molar-refractivity contribution in [2.75, 3.05) is 5.32 Å². The van der Waals surface area contributed by atoms with Gasteiger partial charge in [0.2, 0.25) is 5.91 Å². The number of nitrogens with two attached hydrogens (primary N) is 1. The Hall–Kier alpha value is -3.49. The lowest BCUT2D eigenvalue weighted by atomic mass is 9.87. The van der Waals surface area contributed by atoms with Crippen LogP contribution in [0, 0.1) is 5.92 Å². The second-order valence-electron chi connectivity index (χ2n) is 7.29. The van der Waals surface area contributed by atoms with Crippen LogP contribution >= 0.6 is 0 Å². The first kappa shape index (κ1) is 18.9. The zero-order valence-electron chi connectivity index (χ0n) is 16.0. The van der Waals surface area contributed by atoms with Gasteiger partial charge in [-0.2, -0.15) is 5.10 Å². The number of nitrogens with one attached hydrogen (secondary N) is 1. The predicted octanol–water partition coefficient (Wildman–Crippen LogP) is 2.62. The van der Waals surface area contributed by atoms with E-state index < -0.39 is 6.09 Å². The molecule has 1 aliphatic rings. The van der Waals surface area contributed by atoms with Crippen LogP contribution in [0.4, 0.5) is 10.6 Å². The zero-order chi connectivity index (χ0) is 20.4. The molecule has 9 nitrogen and oxygen atoms in total. The van der Waals surface area contributed by atoms with Crippen LogP contribution in [-0.2, 0) is 16.6 Å². The van der Waals surface area contributed by atoms with Gasteiger partial charge in [-0.05, 0) is 43.2 Å². The molecule has 29 heavy (non-hydrogen) atoms. The molecule has 0 bridgehead atoms. The van der Waals surface area contributed by atoms with Gasteiger partial charge in [-0.1, -0.05) is 0 Å². The molecule has 9 heteroatoms. The van der Waals surface area contributed by atoms with Crippen LogP contribution in [0.2, 0.25) is 0 Å². The highest BCUT2D eigenvalue weighted by Gasteiger charge is 2.28. The van der Waals surface area contributed by atoms with Gasteiger partial charge in [0, 0.05) is 42.5 Å². The molecule has 3 N–H and O–H groups in total. The highest BCUT2D eigenvalue weighted by molar-refractivity contribution is 5.94. The second kappa shape index (κ2) is 7.86. The first-order chi connectivity index (χ1) is 14.0. The van der Waals surface area contributed by atoms with E-state index in [0.717, 1.165) is 22.0 Å². The summed E-state index contributed by atoms with van der Waals surface area (Å²) in [5.74, 6) is 0.292. The maximum absolute atomic E-state index is 12.6. The average Bonchev–Trinajstić information content (AvgIpc) is 3.14. The molecular formula is C20H22N6O3. The third-order valence-corrected chi connectivity index (χ3v) is 5.18. The molecule has 1 saturated carbocycles. The smallest absolute Gasteiger partial charge is 0.404 e. The van der Waals surface area contributed by atoms with Crippen molar-refractivity contribution in [3.05, 3.63) is 36.9 Å². The summed E-state index contributed by atoms with van der Waals surface area (Å²) < 4.78 is 6.74. The lowest BCUT2D eigenvalue weighted by Crippen LogP contribution is -2.32. The van der Waals surface area contributed by atoms with E-state index in [1.807, 2.05) is 25.4 Å². The number of nitrogens with zero attached hydrogens (tertiary/aromatic N) is 4. The van der Waals surface area contributed by atoms with Crippen molar-refractivity contribution in [1.29, 1.82) is 0 Å². The monoisotopic (exact) mass is 394 g/mol. The third-order valence-electron chi connectivity index (χ3n) is 5.18. The zero-order valence-corrected chi connectivity index (χ0v) is 16.0. The molecule has 150 valence electrons. The molecule has 1 fully saturated rings. The van der Waals surface area contributed by atoms with Crippen molar-refractivity contribution in [3.63, 3.8) is 0 Å². The van der Waals surface area contributed by atoms with Gasteiger partial charge in [-0.15, -0.1) is 0 Å². The Kier molecular flexibility index (Phi) is 5.11. The van der Waals surface area contributed by atoms with Crippen molar-refractivity contribution in [1.82, 2.24) is 19.7 Å². The number of amides is 2. The quantitative estimate of drug-likeness (QED) is 0.701. The Morgan fingerprint density at radius 1 is 1.10 bits per heavy atom. The summed E-state index contributed by atoms with van der Waals surface area (Å²) in [5.41, 5.74) is 6.79. The van der Waals surface area contributed by atoms with E-state index >= 15 is 0 Å². The fourth-order valence-corrected chi connectivity index (χ4v) is 3.65. The molecule has 2 amide bonds. The topological polar surface area (TPSA) is 125 Å². The SMILES string of the molecule is Cn1cc(-c2cc3cc(NC(=O)C4CCC(OC(N)=O)CC4)ncc3cn2)cn1. The Morgan fingerprint density at radius 2 is 1.86 bits per heavy atom. The molecule has 4 rings (SSSR count). The minimum Gasteiger partial charge on any atom is -0.446 e. The summed E-state index contributed by atoms with van der Waals surface area (Å²) >= 11 is 0. The van der Waals surface area contributed by atoms with E-state index in [2.05, 4.69) is 20.4 Å². The van der Waals surface area contributed by atoms with Gasteiger partial charge in [0.25, 0.3) is 0 Å². The van der Waals surface area contributed by atoms with Gasteiger partial charge in [-0.25, -0.2) is 9.78 Å². The molecule has 0 aliphatic heterocycles. The van der Waals surface area contributed by atoms with E-state index in [9.17, 15) is 9.59 Å². The van der Waals surface area contributed by atoms with E-state index in [1.54, 1.807) is 23.3 Å². The van der Waals surface area contributed by atoms with Crippen molar-refractivity contribution >= 4 is 28.6 Å². The van der Waals surface area contributed by atoms with Crippen LogP contribution in [0.5, 0.6) is 0 Å². The number of aryl methyl sites for hydroxylation is 1. The minimum absolute atomic E-state index is 0.0732. The fourth-order valence-electron chi connectivity index (χ4n) is 3.65. The summed E-state index contributed by atoms with van der Waals surface area (Å²) in [7, 11) is 1.86. The van der Waals surface area contributed by atoms with Crippen LogP contribution in [0.1, 0.15) is 25.7 Å². The van der Waals surface area contributed by atoms with E-state index in [0.29, 0.717) is 31.5 Å². The standard InChI is InChI=1S/C20H22N6O3/c1-26-11-15(10-24-26)17-6-13-7-18(23-9-14(13)8-22-17)25-19(27)12-2-4-16(5-3-12)29-20(21)28/h6-12,16H,2-5H2,1H3,(H2,21,28)(H,23,25,27). The highest BCUT2D eigenvalue weighted by atomic mass is 16.6. The second-order valence-corrected chi connectivity index (χ2v) is 7.29. The van der Waals surface area contributed by atoms with Gasteiger partial charge in [-0.3, -0.25) is 14.5 Å². The van der Waals surface area contributed by atoms with Crippen molar-refractivity contribution < 1.29 is 14.3 Å². The third kappa shape index (κ3) is 4.34. The van der Waals surface area contributed by atoms with Crippen LogP contribution in [0.15, 0.2) is 36.9 Å². The summed E-state index contributed by atoms with van der Waals surface area (Å²) in [5, 5.41) is 8.90. The normalized spacial score (nSPS) is 19.1. The summed E-state index contributed by atoms with van der Waals surface area (Å²) in [6.07, 6.45) is 8.70. The molecule has 0 radical (unpaired) electrons. The number of rotatable bonds is 4. The number of ether oxygens (including phenoxy) is 1. The number of pyridine rings is 2. The van der Waals surface area contributed by atoms with Gasteiger partial charge in [0.05, 0.1) is 11.9 Å². The highest BCUT2D eigenvalue weighted by Crippen LogP contribution is 2.28. The lowest BCUT2D eigenvalue weighted by molar-refractivity contribution is -0.121. The Labute approximate surface area is 167 Å². The molecule has 0 spiro atoms. The van der Waals surface area contributed by atoms with Crippen LogP contribution in [-0.4, -0.2) is 37.9 Å². The van der Waals surface area contributed by atoms with Gasteiger partial charge in [0.15, 0.2) is 0 Å². The number of primary amides is 1.